The number of aliphatic carboxylic acids is 1. The van der Waals surface area contributed by atoms with Gasteiger partial charge in [0.05, 0.1) is 11.3 Å². The van der Waals surface area contributed by atoms with Crippen molar-refractivity contribution in [1.29, 1.82) is 0 Å². The Bertz CT molecular complexity index is 658. The summed E-state index contributed by atoms with van der Waals surface area (Å²) in [5.41, 5.74) is 0.675. The molecule has 0 amide bonds. The minimum absolute atomic E-state index is 0.0402. The van der Waals surface area contributed by atoms with E-state index < -0.39 is 24.1 Å². The second-order valence-electron chi connectivity index (χ2n) is 4.49. The number of Topliss-reactive ketones (excluding diaryl/α,β-unsaturated/α-hetero) is 1. The number of carbonyl (C=O) groups is 3. The van der Waals surface area contributed by atoms with Gasteiger partial charge in [-0.1, -0.05) is 30.3 Å². The first-order valence-corrected chi connectivity index (χ1v) is 6.21. The van der Waals surface area contributed by atoms with E-state index in [2.05, 4.69) is 5.32 Å². The molecule has 2 rings (SSSR count). The Morgan fingerprint density at radius 1 is 1.14 bits per heavy atom. The number of nitrogens with one attached hydrogen (secondary N) is 1. The van der Waals surface area contributed by atoms with Crippen LogP contribution in [0.25, 0.3) is 0 Å². The highest BCUT2D eigenvalue weighted by molar-refractivity contribution is 6.48. The highest BCUT2D eigenvalue weighted by Gasteiger charge is 2.28. The summed E-state index contributed by atoms with van der Waals surface area (Å²) >= 11 is 0. The van der Waals surface area contributed by atoms with E-state index in [9.17, 15) is 19.5 Å². The summed E-state index contributed by atoms with van der Waals surface area (Å²) in [6.07, 6.45) is 1.01. The molecule has 0 heterocycles. The Labute approximate surface area is 120 Å². The van der Waals surface area contributed by atoms with Crippen molar-refractivity contribution in [3.63, 3.8) is 0 Å². The molecule has 108 valence electrons. The lowest BCUT2D eigenvalue weighted by molar-refractivity contribution is -0.135. The van der Waals surface area contributed by atoms with Crippen LogP contribution in [0.1, 0.15) is 5.56 Å². The first kappa shape index (κ1) is 14.5. The van der Waals surface area contributed by atoms with Crippen LogP contribution in [0.15, 0.2) is 53.4 Å². The summed E-state index contributed by atoms with van der Waals surface area (Å²) in [4.78, 5) is 34.0. The van der Waals surface area contributed by atoms with Crippen LogP contribution in [0, 0.1) is 0 Å². The number of aliphatic hydroxyl groups is 1. The quantitative estimate of drug-likeness (QED) is 0.545. The van der Waals surface area contributed by atoms with Crippen LogP contribution in [0.4, 0.5) is 0 Å². The van der Waals surface area contributed by atoms with Gasteiger partial charge in [-0.25, -0.2) is 0 Å². The summed E-state index contributed by atoms with van der Waals surface area (Å²) in [6.45, 7) is -0.462. The van der Waals surface area contributed by atoms with E-state index in [1.807, 2.05) is 6.07 Å². The molecule has 0 unspecified atom stereocenters. The lowest BCUT2D eigenvalue weighted by atomic mass is 9.93. The van der Waals surface area contributed by atoms with Gasteiger partial charge >= 0.3 is 5.97 Å². The smallest absolute Gasteiger partial charge is 0.322 e. The molecule has 0 spiro atoms. The number of allylic oxidation sites excluding steroid dienone is 2. The predicted molar refractivity (Wildman–Crippen MR) is 73.5 cm³/mol. The molecule has 1 aromatic rings. The SMILES string of the molecule is O=C(O)CNC1=CC(=O)C(=O)C(Cc2ccccc2)=C1O. The summed E-state index contributed by atoms with van der Waals surface area (Å²) in [6, 6.07) is 8.90. The maximum Gasteiger partial charge on any atom is 0.322 e. The average Bonchev–Trinajstić information content (AvgIpc) is 2.47. The van der Waals surface area contributed by atoms with Gasteiger partial charge in [-0.3, -0.25) is 14.4 Å². The Morgan fingerprint density at radius 2 is 1.81 bits per heavy atom. The Kier molecular flexibility index (Phi) is 4.18. The molecule has 1 aliphatic carbocycles. The number of carboxylic acid groups (broad SMARTS) is 1. The van der Waals surface area contributed by atoms with Crippen molar-refractivity contribution >= 4 is 17.5 Å². The van der Waals surface area contributed by atoms with Gasteiger partial charge in [0.15, 0.2) is 0 Å². The van der Waals surface area contributed by atoms with Crippen LogP contribution in [0.5, 0.6) is 0 Å². The molecule has 0 aliphatic heterocycles. The maximum absolute atomic E-state index is 11.9. The van der Waals surface area contributed by atoms with Crippen molar-refractivity contribution in [3.05, 3.63) is 59.0 Å². The summed E-state index contributed by atoms with van der Waals surface area (Å²) < 4.78 is 0. The van der Waals surface area contributed by atoms with Crippen molar-refractivity contribution in [2.75, 3.05) is 6.54 Å². The largest absolute Gasteiger partial charge is 0.505 e. The monoisotopic (exact) mass is 287 g/mol. The first-order chi connectivity index (χ1) is 9.99. The summed E-state index contributed by atoms with van der Waals surface area (Å²) in [5, 5.41) is 21.1. The molecule has 0 bridgehead atoms. The van der Waals surface area contributed by atoms with E-state index in [4.69, 9.17) is 5.11 Å². The molecule has 0 atom stereocenters. The molecule has 3 N–H and O–H groups in total. The van der Waals surface area contributed by atoms with E-state index in [0.29, 0.717) is 0 Å². The summed E-state index contributed by atoms with van der Waals surface area (Å²) in [7, 11) is 0. The third-order valence-electron chi connectivity index (χ3n) is 2.97. The molecule has 0 fully saturated rings. The lowest BCUT2D eigenvalue weighted by Crippen LogP contribution is -2.30. The second kappa shape index (κ2) is 6.04. The highest BCUT2D eigenvalue weighted by atomic mass is 16.4. The molecule has 1 aromatic carbocycles. The van der Waals surface area contributed by atoms with Gasteiger partial charge < -0.3 is 15.5 Å². The molecular formula is C15H13NO5. The first-order valence-electron chi connectivity index (χ1n) is 6.21. The van der Waals surface area contributed by atoms with Gasteiger partial charge in [0.2, 0.25) is 11.6 Å². The van der Waals surface area contributed by atoms with Crippen LogP contribution >= 0.6 is 0 Å². The predicted octanol–water partition coefficient (Wildman–Crippen LogP) is 0.751. The fraction of sp³-hybridized carbons (Fsp3) is 0.133. The number of rotatable bonds is 5. The number of benzene rings is 1. The number of aliphatic hydroxyl groups excluding tert-OH is 1. The zero-order valence-corrected chi connectivity index (χ0v) is 11.0. The Morgan fingerprint density at radius 3 is 2.43 bits per heavy atom. The standard InChI is InChI=1S/C15H13NO5/c17-12-7-11(16-8-13(18)19)14(20)10(15(12)21)6-9-4-2-1-3-5-9/h1-5,7,16,20H,6,8H2,(H,18,19). The van der Waals surface area contributed by atoms with Crippen molar-refractivity contribution in [3.8, 4) is 0 Å². The third-order valence-corrected chi connectivity index (χ3v) is 2.97. The molecule has 21 heavy (non-hydrogen) atoms. The molecule has 0 saturated heterocycles. The second-order valence-corrected chi connectivity index (χ2v) is 4.49. The maximum atomic E-state index is 11.9. The molecule has 0 radical (unpaired) electrons. The zero-order valence-electron chi connectivity index (χ0n) is 11.0. The zero-order chi connectivity index (χ0) is 15.4. The summed E-state index contributed by atoms with van der Waals surface area (Å²) in [5.74, 6) is -3.09. The fourth-order valence-electron chi connectivity index (χ4n) is 1.95. The molecule has 6 nitrogen and oxygen atoms in total. The van der Waals surface area contributed by atoms with Crippen molar-refractivity contribution in [2.24, 2.45) is 0 Å². The molecule has 0 aromatic heterocycles. The van der Waals surface area contributed by atoms with Crippen molar-refractivity contribution in [2.45, 2.75) is 6.42 Å². The molecule has 1 aliphatic rings. The number of hydrogen-bond donors (Lipinski definition) is 3. The van der Waals surface area contributed by atoms with E-state index in [0.717, 1.165) is 11.6 Å². The fourth-order valence-corrected chi connectivity index (χ4v) is 1.95. The normalized spacial score (nSPS) is 15.0. The third kappa shape index (κ3) is 3.36. The van der Waals surface area contributed by atoms with Gasteiger partial charge in [0, 0.05) is 12.5 Å². The van der Waals surface area contributed by atoms with E-state index >= 15 is 0 Å². The van der Waals surface area contributed by atoms with Gasteiger partial charge in [0.1, 0.15) is 12.3 Å². The molecule has 0 saturated carbocycles. The van der Waals surface area contributed by atoms with Crippen molar-refractivity contribution < 1.29 is 24.6 Å². The van der Waals surface area contributed by atoms with Crippen molar-refractivity contribution in [1.82, 2.24) is 5.32 Å². The van der Waals surface area contributed by atoms with Crippen LogP contribution < -0.4 is 5.32 Å². The van der Waals surface area contributed by atoms with Gasteiger partial charge in [-0.05, 0) is 5.56 Å². The Hall–Kier alpha value is -2.89. The minimum atomic E-state index is -1.14. The Balaban J connectivity index is 2.29. The lowest BCUT2D eigenvalue weighted by Gasteiger charge is -2.17. The number of carbonyl (C=O) groups excluding carboxylic acids is 2. The number of hydrogen-bond acceptors (Lipinski definition) is 5. The molecule has 6 heteroatoms. The molecular weight excluding hydrogens is 274 g/mol. The van der Waals surface area contributed by atoms with Crippen LogP contribution in [0.3, 0.4) is 0 Å². The topological polar surface area (TPSA) is 104 Å². The minimum Gasteiger partial charge on any atom is -0.505 e. The average molecular weight is 287 g/mol. The van der Waals surface area contributed by atoms with Gasteiger partial charge in [-0.2, -0.15) is 0 Å². The number of carboxylic acids is 1. The van der Waals surface area contributed by atoms with Gasteiger partial charge in [-0.15, -0.1) is 0 Å². The van der Waals surface area contributed by atoms with Crippen LogP contribution in [-0.2, 0) is 20.8 Å². The van der Waals surface area contributed by atoms with Crippen LogP contribution in [0.2, 0.25) is 0 Å². The number of ketones is 2. The highest BCUT2D eigenvalue weighted by Crippen LogP contribution is 2.21. The van der Waals surface area contributed by atoms with Crippen LogP contribution in [-0.4, -0.2) is 34.3 Å². The van der Waals surface area contributed by atoms with E-state index in [1.165, 1.54) is 0 Å². The van der Waals surface area contributed by atoms with Gasteiger partial charge in [0.25, 0.3) is 0 Å². The van der Waals surface area contributed by atoms with E-state index in [-0.39, 0.29) is 23.5 Å². The van der Waals surface area contributed by atoms with E-state index in [1.54, 1.807) is 24.3 Å².